The van der Waals surface area contributed by atoms with Crippen LogP contribution in [0.15, 0.2) is 42.5 Å². The van der Waals surface area contributed by atoms with Crippen molar-refractivity contribution >= 4 is 0 Å². The highest BCUT2D eigenvalue weighted by molar-refractivity contribution is 5.26. The van der Waals surface area contributed by atoms with Gasteiger partial charge in [-0.25, -0.2) is 13.2 Å². The molecule has 100 valence electrons. The number of benzene rings is 2. The molecule has 4 heteroatoms. The lowest BCUT2D eigenvalue weighted by atomic mass is 9.98. The quantitative estimate of drug-likeness (QED) is 0.890. The first-order chi connectivity index (χ1) is 9.11. The molecule has 0 aliphatic rings. The lowest BCUT2D eigenvalue weighted by Crippen LogP contribution is -2.20. The summed E-state index contributed by atoms with van der Waals surface area (Å²) in [6.45, 7) is 0. The summed E-state index contributed by atoms with van der Waals surface area (Å²) < 4.78 is 40.2. The number of hydrogen-bond acceptors (Lipinski definition) is 1. The van der Waals surface area contributed by atoms with E-state index in [4.69, 9.17) is 0 Å². The van der Waals surface area contributed by atoms with E-state index >= 15 is 0 Å². The fraction of sp³-hybridized carbons (Fsp3) is 0.200. The van der Waals surface area contributed by atoms with Gasteiger partial charge in [0.15, 0.2) is 0 Å². The monoisotopic (exact) mass is 265 g/mol. The standard InChI is InChI=1S/C15H14F3N/c1-19-15(8-10-4-2-3-5-13(10)17)12-7-6-11(16)9-14(12)18/h2-7,9,15,19H,8H2,1H3. The van der Waals surface area contributed by atoms with E-state index in [0.717, 1.165) is 6.07 Å². The summed E-state index contributed by atoms with van der Waals surface area (Å²) in [5.74, 6) is -1.58. The second-order valence-electron chi connectivity index (χ2n) is 4.30. The van der Waals surface area contributed by atoms with Crippen molar-refractivity contribution in [2.24, 2.45) is 0 Å². The summed E-state index contributed by atoms with van der Waals surface area (Å²) in [5.41, 5.74) is 0.817. The lowest BCUT2D eigenvalue weighted by molar-refractivity contribution is 0.511. The number of rotatable bonds is 4. The first kappa shape index (κ1) is 13.6. The highest BCUT2D eigenvalue weighted by Crippen LogP contribution is 2.22. The summed E-state index contributed by atoms with van der Waals surface area (Å²) in [7, 11) is 1.66. The number of halogens is 3. The minimum absolute atomic E-state index is 0.297. The van der Waals surface area contributed by atoms with Crippen molar-refractivity contribution in [3.05, 3.63) is 71.0 Å². The molecule has 2 rings (SSSR count). The van der Waals surface area contributed by atoms with Crippen molar-refractivity contribution < 1.29 is 13.2 Å². The summed E-state index contributed by atoms with van der Waals surface area (Å²) in [6.07, 6.45) is 0.297. The van der Waals surface area contributed by atoms with E-state index in [0.29, 0.717) is 17.5 Å². The van der Waals surface area contributed by atoms with Crippen LogP contribution in [0.3, 0.4) is 0 Å². The Labute approximate surface area is 110 Å². The zero-order chi connectivity index (χ0) is 13.8. The second-order valence-corrected chi connectivity index (χ2v) is 4.30. The van der Waals surface area contributed by atoms with Crippen LogP contribution in [-0.4, -0.2) is 7.05 Å². The Hall–Kier alpha value is -1.81. The Morgan fingerprint density at radius 1 is 1.00 bits per heavy atom. The van der Waals surface area contributed by atoms with Crippen LogP contribution in [0.25, 0.3) is 0 Å². The van der Waals surface area contributed by atoms with Crippen molar-refractivity contribution in [1.82, 2.24) is 5.32 Å². The van der Waals surface area contributed by atoms with Gasteiger partial charge in [-0.1, -0.05) is 24.3 Å². The Kier molecular flexibility index (Phi) is 4.22. The van der Waals surface area contributed by atoms with Gasteiger partial charge in [0.2, 0.25) is 0 Å². The van der Waals surface area contributed by atoms with E-state index < -0.39 is 17.7 Å². The largest absolute Gasteiger partial charge is 0.313 e. The average Bonchev–Trinajstić information content (AvgIpc) is 2.39. The molecule has 0 aliphatic carbocycles. The first-order valence-electron chi connectivity index (χ1n) is 5.97. The maximum absolute atomic E-state index is 13.7. The molecule has 0 heterocycles. The molecule has 0 saturated carbocycles. The first-order valence-corrected chi connectivity index (χ1v) is 5.97. The molecular formula is C15H14F3N. The van der Waals surface area contributed by atoms with Gasteiger partial charge < -0.3 is 5.32 Å². The van der Waals surface area contributed by atoms with E-state index in [1.165, 1.54) is 18.2 Å². The van der Waals surface area contributed by atoms with Crippen molar-refractivity contribution in [2.45, 2.75) is 12.5 Å². The Bertz CT molecular complexity index is 569. The molecule has 0 fully saturated rings. The molecule has 0 aliphatic heterocycles. The van der Waals surface area contributed by atoms with Crippen molar-refractivity contribution in [3.8, 4) is 0 Å². The summed E-state index contributed by atoms with van der Waals surface area (Å²) in [5, 5.41) is 2.93. The van der Waals surface area contributed by atoms with Crippen LogP contribution in [0.1, 0.15) is 17.2 Å². The highest BCUT2D eigenvalue weighted by Gasteiger charge is 2.16. The highest BCUT2D eigenvalue weighted by atomic mass is 19.1. The molecule has 0 spiro atoms. The third-order valence-electron chi connectivity index (χ3n) is 3.07. The fourth-order valence-electron chi connectivity index (χ4n) is 2.04. The maximum Gasteiger partial charge on any atom is 0.130 e. The topological polar surface area (TPSA) is 12.0 Å². The minimum Gasteiger partial charge on any atom is -0.313 e. The normalized spacial score (nSPS) is 12.4. The Morgan fingerprint density at radius 3 is 2.37 bits per heavy atom. The van der Waals surface area contributed by atoms with Crippen LogP contribution in [0.4, 0.5) is 13.2 Å². The smallest absolute Gasteiger partial charge is 0.130 e. The summed E-state index contributed by atoms with van der Waals surface area (Å²) in [4.78, 5) is 0. The lowest BCUT2D eigenvalue weighted by Gasteiger charge is -2.18. The van der Waals surface area contributed by atoms with Crippen LogP contribution in [-0.2, 0) is 6.42 Å². The molecule has 2 aromatic rings. The van der Waals surface area contributed by atoms with E-state index in [-0.39, 0.29) is 5.82 Å². The zero-order valence-corrected chi connectivity index (χ0v) is 10.5. The van der Waals surface area contributed by atoms with E-state index in [1.54, 1.807) is 25.2 Å². The molecular weight excluding hydrogens is 251 g/mol. The predicted octanol–water partition coefficient (Wildman–Crippen LogP) is 3.61. The van der Waals surface area contributed by atoms with Gasteiger partial charge in [0.05, 0.1) is 0 Å². The average molecular weight is 265 g/mol. The molecule has 1 atom stereocenters. The Balaban J connectivity index is 2.28. The SMILES string of the molecule is CNC(Cc1ccccc1F)c1ccc(F)cc1F. The van der Waals surface area contributed by atoms with E-state index in [9.17, 15) is 13.2 Å². The van der Waals surface area contributed by atoms with Gasteiger partial charge in [0, 0.05) is 17.7 Å². The van der Waals surface area contributed by atoms with Gasteiger partial charge in [-0.05, 0) is 31.2 Å². The number of nitrogens with one attached hydrogen (secondary N) is 1. The van der Waals surface area contributed by atoms with Crippen LogP contribution >= 0.6 is 0 Å². The molecule has 2 aromatic carbocycles. The number of hydrogen-bond donors (Lipinski definition) is 1. The minimum atomic E-state index is -0.629. The van der Waals surface area contributed by atoms with Gasteiger partial charge in [0.1, 0.15) is 17.5 Å². The molecule has 0 amide bonds. The fourth-order valence-corrected chi connectivity index (χ4v) is 2.04. The van der Waals surface area contributed by atoms with Crippen molar-refractivity contribution in [2.75, 3.05) is 7.05 Å². The van der Waals surface area contributed by atoms with Crippen LogP contribution in [0.2, 0.25) is 0 Å². The maximum atomic E-state index is 13.7. The van der Waals surface area contributed by atoms with Crippen LogP contribution in [0.5, 0.6) is 0 Å². The zero-order valence-electron chi connectivity index (χ0n) is 10.5. The van der Waals surface area contributed by atoms with Crippen molar-refractivity contribution in [1.29, 1.82) is 0 Å². The molecule has 19 heavy (non-hydrogen) atoms. The molecule has 1 N–H and O–H groups in total. The molecule has 0 saturated heterocycles. The summed E-state index contributed by atoms with van der Waals surface area (Å²) in [6, 6.07) is 9.36. The number of likely N-dealkylation sites (N-methyl/N-ethyl adjacent to an activating group) is 1. The molecule has 1 unspecified atom stereocenters. The van der Waals surface area contributed by atoms with E-state index in [1.807, 2.05) is 0 Å². The van der Waals surface area contributed by atoms with E-state index in [2.05, 4.69) is 5.32 Å². The van der Waals surface area contributed by atoms with Gasteiger partial charge in [-0.15, -0.1) is 0 Å². The Morgan fingerprint density at radius 2 is 1.74 bits per heavy atom. The second kappa shape index (κ2) is 5.89. The van der Waals surface area contributed by atoms with Gasteiger partial charge >= 0.3 is 0 Å². The third-order valence-corrected chi connectivity index (χ3v) is 3.07. The van der Waals surface area contributed by atoms with Crippen molar-refractivity contribution in [3.63, 3.8) is 0 Å². The van der Waals surface area contributed by atoms with Gasteiger partial charge in [0.25, 0.3) is 0 Å². The predicted molar refractivity (Wildman–Crippen MR) is 68.3 cm³/mol. The molecule has 0 radical (unpaired) electrons. The molecule has 1 nitrogen and oxygen atoms in total. The third kappa shape index (κ3) is 3.15. The van der Waals surface area contributed by atoms with Crippen LogP contribution < -0.4 is 5.32 Å². The van der Waals surface area contributed by atoms with Gasteiger partial charge in [-0.2, -0.15) is 0 Å². The van der Waals surface area contributed by atoms with Gasteiger partial charge in [-0.3, -0.25) is 0 Å². The summed E-state index contributed by atoms with van der Waals surface area (Å²) >= 11 is 0. The molecule has 0 aromatic heterocycles. The molecule has 0 bridgehead atoms. The van der Waals surface area contributed by atoms with Crippen LogP contribution in [0, 0.1) is 17.5 Å².